The van der Waals surface area contributed by atoms with Crippen LogP contribution in [-0.2, 0) is 6.54 Å². The van der Waals surface area contributed by atoms with Crippen LogP contribution in [0.2, 0.25) is 0 Å². The van der Waals surface area contributed by atoms with E-state index in [0.29, 0.717) is 19.7 Å². The summed E-state index contributed by atoms with van der Waals surface area (Å²) in [6, 6.07) is 9.55. The summed E-state index contributed by atoms with van der Waals surface area (Å²) in [5.41, 5.74) is 1.15. The van der Waals surface area contributed by atoms with Gasteiger partial charge in [-0.25, -0.2) is 4.79 Å². The second-order valence-corrected chi connectivity index (χ2v) is 5.67. The molecule has 1 unspecified atom stereocenters. The summed E-state index contributed by atoms with van der Waals surface area (Å²) in [7, 11) is 1.77. The van der Waals surface area contributed by atoms with Gasteiger partial charge in [0.25, 0.3) is 0 Å². The van der Waals surface area contributed by atoms with E-state index in [-0.39, 0.29) is 12.1 Å². The molecule has 0 saturated carbocycles. The number of urea groups is 1. The number of hydrogen-bond acceptors (Lipinski definition) is 3. The van der Waals surface area contributed by atoms with E-state index in [1.807, 2.05) is 50.4 Å². The standard InChI is InChI=1S/C17H24N4O2/c1-14-6-4-7-16(12-14)23-13-15(2)19-17(22)20(3)10-11-21-9-5-8-18-21/h4-9,12,15H,10-11,13H2,1-3H3,(H,19,22). The summed E-state index contributed by atoms with van der Waals surface area (Å²) in [6.07, 6.45) is 3.61. The fraction of sp³-hybridized carbons (Fsp3) is 0.412. The van der Waals surface area contributed by atoms with Crippen molar-refractivity contribution < 1.29 is 9.53 Å². The first kappa shape index (κ1) is 16.9. The Morgan fingerprint density at radius 3 is 2.96 bits per heavy atom. The number of nitrogens with one attached hydrogen (secondary N) is 1. The van der Waals surface area contributed by atoms with Gasteiger partial charge in [0, 0.05) is 26.0 Å². The Kier molecular flexibility index (Phi) is 6.02. The molecule has 0 radical (unpaired) electrons. The van der Waals surface area contributed by atoms with Crippen LogP contribution in [0.1, 0.15) is 12.5 Å². The maximum Gasteiger partial charge on any atom is 0.317 e. The van der Waals surface area contributed by atoms with Gasteiger partial charge in [0.15, 0.2) is 0 Å². The number of benzene rings is 1. The second-order valence-electron chi connectivity index (χ2n) is 5.67. The Bertz CT molecular complexity index is 613. The fourth-order valence-corrected chi connectivity index (χ4v) is 2.08. The molecule has 2 amide bonds. The summed E-state index contributed by atoms with van der Waals surface area (Å²) in [5.74, 6) is 0.818. The van der Waals surface area contributed by atoms with Gasteiger partial charge >= 0.3 is 6.03 Å². The molecular weight excluding hydrogens is 292 g/mol. The highest BCUT2D eigenvalue weighted by molar-refractivity contribution is 5.74. The monoisotopic (exact) mass is 316 g/mol. The molecule has 0 aliphatic carbocycles. The van der Waals surface area contributed by atoms with Gasteiger partial charge in [-0.1, -0.05) is 12.1 Å². The lowest BCUT2D eigenvalue weighted by Crippen LogP contribution is -2.45. The molecule has 6 heteroatoms. The molecule has 124 valence electrons. The first-order valence-corrected chi connectivity index (χ1v) is 7.73. The summed E-state index contributed by atoms with van der Waals surface area (Å²) in [6.45, 7) is 5.65. The van der Waals surface area contributed by atoms with Crippen LogP contribution in [0, 0.1) is 6.92 Å². The Morgan fingerprint density at radius 2 is 2.26 bits per heavy atom. The molecule has 1 N–H and O–H groups in total. The first-order chi connectivity index (χ1) is 11.0. The van der Waals surface area contributed by atoms with Crippen molar-refractivity contribution in [2.75, 3.05) is 20.2 Å². The van der Waals surface area contributed by atoms with Gasteiger partial charge < -0.3 is 15.0 Å². The third kappa shape index (κ3) is 5.65. The highest BCUT2D eigenvalue weighted by Gasteiger charge is 2.12. The molecule has 6 nitrogen and oxygen atoms in total. The fourth-order valence-electron chi connectivity index (χ4n) is 2.08. The van der Waals surface area contributed by atoms with Crippen molar-refractivity contribution in [3.05, 3.63) is 48.3 Å². The van der Waals surface area contributed by atoms with Crippen molar-refractivity contribution >= 4 is 6.03 Å². The van der Waals surface area contributed by atoms with E-state index < -0.39 is 0 Å². The van der Waals surface area contributed by atoms with Crippen LogP contribution >= 0.6 is 0 Å². The normalized spacial score (nSPS) is 11.8. The predicted octanol–water partition coefficient (Wildman–Crippen LogP) is 2.30. The van der Waals surface area contributed by atoms with Crippen LogP contribution in [-0.4, -0.2) is 47.0 Å². The molecule has 0 aliphatic rings. The minimum Gasteiger partial charge on any atom is -0.491 e. The number of hydrogen-bond donors (Lipinski definition) is 1. The number of carbonyl (C=O) groups is 1. The molecule has 0 saturated heterocycles. The lowest BCUT2D eigenvalue weighted by molar-refractivity contribution is 0.195. The summed E-state index contributed by atoms with van der Waals surface area (Å²) in [5, 5.41) is 7.04. The third-order valence-corrected chi connectivity index (χ3v) is 3.43. The maximum absolute atomic E-state index is 12.1. The molecule has 0 fully saturated rings. The van der Waals surface area contributed by atoms with Gasteiger partial charge in [-0.2, -0.15) is 5.10 Å². The maximum atomic E-state index is 12.1. The Hall–Kier alpha value is -2.50. The van der Waals surface area contributed by atoms with Crippen molar-refractivity contribution in [1.82, 2.24) is 20.0 Å². The van der Waals surface area contributed by atoms with Gasteiger partial charge in [-0.15, -0.1) is 0 Å². The topological polar surface area (TPSA) is 59.4 Å². The molecule has 1 atom stereocenters. The van der Waals surface area contributed by atoms with E-state index in [4.69, 9.17) is 4.74 Å². The summed E-state index contributed by atoms with van der Waals surface area (Å²) in [4.78, 5) is 13.8. The smallest absolute Gasteiger partial charge is 0.317 e. The number of aromatic nitrogens is 2. The van der Waals surface area contributed by atoms with Crippen LogP contribution in [0.25, 0.3) is 0 Å². The van der Waals surface area contributed by atoms with Gasteiger partial charge in [-0.05, 0) is 37.6 Å². The van der Waals surface area contributed by atoms with Gasteiger partial charge in [0.05, 0.1) is 12.6 Å². The second kappa shape index (κ2) is 8.22. The number of ether oxygens (including phenoxy) is 1. The van der Waals surface area contributed by atoms with Crippen molar-refractivity contribution in [3.63, 3.8) is 0 Å². The minimum absolute atomic E-state index is 0.0739. The Labute approximate surface area is 137 Å². The molecule has 1 heterocycles. The zero-order chi connectivity index (χ0) is 16.7. The zero-order valence-electron chi connectivity index (χ0n) is 13.9. The first-order valence-electron chi connectivity index (χ1n) is 7.73. The van der Waals surface area contributed by atoms with Gasteiger partial charge in [0.2, 0.25) is 0 Å². The van der Waals surface area contributed by atoms with E-state index in [1.54, 1.807) is 22.8 Å². The van der Waals surface area contributed by atoms with Crippen molar-refractivity contribution in [1.29, 1.82) is 0 Å². The number of nitrogens with zero attached hydrogens (tertiary/aromatic N) is 3. The molecule has 23 heavy (non-hydrogen) atoms. The summed E-state index contributed by atoms with van der Waals surface area (Å²) < 4.78 is 7.50. The molecule has 2 aromatic rings. The van der Waals surface area contributed by atoms with Crippen LogP contribution in [0.5, 0.6) is 5.75 Å². The molecule has 1 aromatic heterocycles. The molecule has 2 rings (SSSR count). The van der Waals surface area contributed by atoms with Crippen LogP contribution in [0.4, 0.5) is 4.79 Å². The highest BCUT2D eigenvalue weighted by Crippen LogP contribution is 2.12. The van der Waals surface area contributed by atoms with E-state index >= 15 is 0 Å². The number of aryl methyl sites for hydroxylation is 1. The van der Waals surface area contributed by atoms with Crippen molar-refractivity contribution in [2.24, 2.45) is 0 Å². The predicted molar refractivity (Wildman–Crippen MR) is 89.5 cm³/mol. The zero-order valence-corrected chi connectivity index (χ0v) is 13.9. The third-order valence-electron chi connectivity index (χ3n) is 3.43. The van der Waals surface area contributed by atoms with E-state index in [1.165, 1.54) is 0 Å². The van der Waals surface area contributed by atoms with Gasteiger partial charge in [-0.3, -0.25) is 4.68 Å². The molecule has 0 spiro atoms. The molecule has 1 aromatic carbocycles. The lowest BCUT2D eigenvalue weighted by Gasteiger charge is -2.21. The SMILES string of the molecule is Cc1cccc(OCC(C)NC(=O)N(C)CCn2cccn2)c1. The molecular formula is C17H24N4O2. The quantitative estimate of drug-likeness (QED) is 0.852. The average Bonchev–Trinajstić information content (AvgIpc) is 3.04. The highest BCUT2D eigenvalue weighted by atomic mass is 16.5. The number of likely N-dealkylation sites (N-methyl/N-ethyl adjacent to an activating group) is 1. The molecule has 0 aliphatic heterocycles. The van der Waals surface area contributed by atoms with E-state index in [2.05, 4.69) is 10.4 Å². The Morgan fingerprint density at radius 1 is 1.43 bits per heavy atom. The largest absolute Gasteiger partial charge is 0.491 e. The average molecular weight is 316 g/mol. The van der Waals surface area contributed by atoms with Crippen molar-refractivity contribution in [2.45, 2.75) is 26.4 Å². The van der Waals surface area contributed by atoms with Crippen LogP contribution in [0.15, 0.2) is 42.7 Å². The van der Waals surface area contributed by atoms with Crippen LogP contribution in [0.3, 0.4) is 0 Å². The number of rotatable bonds is 7. The van der Waals surface area contributed by atoms with Crippen molar-refractivity contribution in [3.8, 4) is 5.75 Å². The Balaban J connectivity index is 1.71. The molecule has 0 bridgehead atoms. The lowest BCUT2D eigenvalue weighted by atomic mass is 10.2. The van der Waals surface area contributed by atoms with Gasteiger partial charge in [0.1, 0.15) is 12.4 Å². The van der Waals surface area contributed by atoms with E-state index in [0.717, 1.165) is 11.3 Å². The summed E-state index contributed by atoms with van der Waals surface area (Å²) >= 11 is 0. The number of carbonyl (C=O) groups excluding carboxylic acids is 1. The number of amides is 2. The minimum atomic E-state index is -0.113. The van der Waals surface area contributed by atoms with E-state index in [9.17, 15) is 4.79 Å². The van der Waals surface area contributed by atoms with Crippen LogP contribution < -0.4 is 10.1 Å².